The number of fused-ring (bicyclic) bond motifs is 18. The number of halogens is 3. The predicted octanol–water partition coefficient (Wildman–Crippen LogP) is 10.3. The molecule has 2 aliphatic heterocycles. The number of alkyl halides is 3. The molecule has 3 aromatic heterocycles. The van der Waals surface area contributed by atoms with Gasteiger partial charge in [-0.3, -0.25) is 0 Å². The van der Waals surface area contributed by atoms with Gasteiger partial charge in [-0.1, -0.05) is 125 Å². The molecule has 0 saturated heterocycles. The van der Waals surface area contributed by atoms with Gasteiger partial charge in [-0.2, -0.15) is 0 Å². The molecule has 4 aliphatic carbocycles. The molecule has 55 heavy (non-hydrogen) atoms. The van der Waals surface area contributed by atoms with Crippen molar-refractivity contribution in [2.75, 3.05) is 0 Å². The van der Waals surface area contributed by atoms with Gasteiger partial charge in [0.15, 0.2) is 0 Å². The maximum atomic E-state index is 6.82. The number of rotatable bonds is 0. The minimum atomic E-state index is -0.724. The van der Waals surface area contributed by atoms with Crippen LogP contribution in [0.3, 0.4) is 0 Å². The Hall–Kier alpha value is -4.37. The Morgan fingerprint density at radius 3 is 0.891 bits per heavy atom. The van der Waals surface area contributed by atoms with E-state index in [1.54, 1.807) is 0 Å². The van der Waals surface area contributed by atoms with Gasteiger partial charge in [0.25, 0.3) is 0 Å². The van der Waals surface area contributed by atoms with Crippen LogP contribution in [0.25, 0.3) is 69.2 Å². The zero-order valence-electron chi connectivity index (χ0n) is 31.3. The summed E-state index contributed by atoms with van der Waals surface area (Å²) in [5, 5.41) is 0. The van der Waals surface area contributed by atoms with Gasteiger partial charge in [-0.25, -0.2) is 9.97 Å². The smallest absolute Gasteiger partial charge is 0.357 e. The third-order valence-electron chi connectivity index (χ3n) is 9.60. The molecule has 8 bridgehead atoms. The third kappa shape index (κ3) is 7.37. The van der Waals surface area contributed by atoms with E-state index in [9.17, 15) is 0 Å². The van der Waals surface area contributed by atoms with Crippen LogP contribution in [0.4, 0.5) is 0 Å². The number of nitrogens with zero attached hydrogens (tertiary/aromatic N) is 8. The van der Waals surface area contributed by atoms with Crippen molar-refractivity contribution in [1.29, 1.82) is 0 Å². The predicted molar refractivity (Wildman–Crippen MR) is 224 cm³/mol. The summed E-state index contributed by atoms with van der Waals surface area (Å²) in [5.41, 5.74) is 7.86. The van der Waals surface area contributed by atoms with Crippen molar-refractivity contribution in [1.82, 2.24) is 39.9 Å². The minimum Gasteiger partial charge on any atom is -0.357 e. The summed E-state index contributed by atoms with van der Waals surface area (Å²) in [5.74, 6) is 1.78. The molecule has 0 saturated carbocycles. The van der Waals surface area contributed by atoms with Crippen molar-refractivity contribution in [2.45, 2.75) is 63.1 Å². The minimum absolute atomic E-state index is 0. The second-order valence-electron chi connectivity index (χ2n) is 14.7. The first-order valence-electron chi connectivity index (χ1n) is 17.9. The van der Waals surface area contributed by atoms with Crippen LogP contribution in [0.5, 0.6) is 0 Å². The Labute approximate surface area is 346 Å². The first kappa shape index (κ1) is 38.9. The van der Waals surface area contributed by atoms with Crippen molar-refractivity contribution >= 4 is 104 Å². The normalized spacial score (nSPS) is 25.1. The standard InChI is InChI=1S/C41H31Cl3N8.C2H6.Cu/c1-38(2)14-6-22-23(7-15-38)31-45-30(22)46-32-24-8-16-39(3,42)18-10-26(24)34(48-32)50-36-28-12-20-41(5,44)21-13-29(28)37(52-36)51-35-27-11-19-40(4,43)17-9-25(27)33(47-31)49-35;1-2;/h6-21H,1-5H3;1-2H3;/q-2;;+2. The molecule has 0 aromatic carbocycles. The maximum absolute atomic E-state index is 6.82. The monoisotopic (exact) mass is 833 g/mol. The van der Waals surface area contributed by atoms with E-state index in [-0.39, 0.29) is 22.5 Å². The molecule has 5 heterocycles. The molecule has 0 spiro atoms. The summed E-state index contributed by atoms with van der Waals surface area (Å²) in [7, 11) is 0. The average Bonchev–Trinajstić information content (AvgIpc) is 3.66. The Morgan fingerprint density at radius 1 is 0.382 bits per heavy atom. The Kier molecular flexibility index (Phi) is 9.88. The van der Waals surface area contributed by atoms with Crippen LogP contribution in [0.1, 0.15) is 94.0 Å². The molecule has 2 atom stereocenters. The topological polar surface area (TPSA) is 106 Å². The molecule has 0 amide bonds. The Morgan fingerprint density at radius 2 is 0.618 bits per heavy atom. The van der Waals surface area contributed by atoms with E-state index in [1.807, 2.05) is 108 Å². The van der Waals surface area contributed by atoms with Gasteiger partial charge >= 0.3 is 17.1 Å². The average molecular weight is 836 g/mol. The molecule has 12 heteroatoms. The molecule has 281 valence electrons. The van der Waals surface area contributed by atoms with E-state index in [1.165, 1.54) is 0 Å². The molecule has 2 unspecified atom stereocenters. The summed E-state index contributed by atoms with van der Waals surface area (Å²) in [6, 6.07) is 0. The number of hydrogen-bond acceptors (Lipinski definition) is 6. The first-order valence-corrected chi connectivity index (χ1v) is 19.1. The first-order chi connectivity index (χ1) is 25.6. The van der Waals surface area contributed by atoms with E-state index in [4.69, 9.17) is 74.7 Å². The summed E-state index contributed by atoms with van der Waals surface area (Å²) >= 11 is 20.5. The fraction of sp³-hybridized carbons (Fsp3) is 0.256. The van der Waals surface area contributed by atoms with Crippen LogP contribution in [0.15, 0.2) is 72.9 Å². The van der Waals surface area contributed by atoms with Gasteiger partial charge in [-0.05, 0) is 43.0 Å². The van der Waals surface area contributed by atoms with Crippen LogP contribution in [-0.4, -0.2) is 44.5 Å². The molecular weight excluding hydrogens is 798 g/mol. The van der Waals surface area contributed by atoms with Crippen molar-refractivity contribution < 1.29 is 17.1 Å². The quantitative estimate of drug-likeness (QED) is 0.163. The van der Waals surface area contributed by atoms with E-state index < -0.39 is 14.6 Å². The number of allylic oxidation sites excluding steroid dienone is 16. The molecule has 3 aromatic rings. The van der Waals surface area contributed by atoms with Gasteiger partial charge in [0.05, 0.1) is 37.9 Å². The van der Waals surface area contributed by atoms with Gasteiger partial charge in [0, 0.05) is 50.3 Å². The Balaban J connectivity index is 0.00000153. The summed E-state index contributed by atoms with van der Waals surface area (Å²) in [6.45, 7) is 14.1. The zero-order valence-corrected chi connectivity index (χ0v) is 34.5. The third-order valence-corrected chi connectivity index (χ3v) is 10.4. The van der Waals surface area contributed by atoms with Crippen LogP contribution >= 0.6 is 34.8 Å². The van der Waals surface area contributed by atoms with E-state index >= 15 is 0 Å². The van der Waals surface area contributed by atoms with Crippen LogP contribution in [0.2, 0.25) is 0 Å². The zero-order chi connectivity index (χ0) is 38.2. The molecule has 0 fully saturated rings. The van der Waals surface area contributed by atoms with E-state index in [2.05, 4.69) is 38.2 Å². The molecular formula is C43H37Cl3CuN8. The fourth-order valence-corrected chi connectivity index (χ4v) is 6.92. The van der Waals surface area contributed by atoms with Gasteiger partial charge in [0.2, 0.25) is 0 Å². The molecule has 8 nitrogen and oxygen atoms in total. The van der Waals surface area contributed by atoms with Crippen molar-refractivity contribution in [3.05, 3.63) is 118 Å². The number of hydrogen-bond donors (Lipinski definition) is 0. The van der Waals surface area contributed by atoms with Gasteiger partial charge in [-0.15, -0.1) is 34.8 Å². The van der Waals surface area contributed by atoms with E-state index in [0.29, 0.717) is 45.9 Å². The SMILES string of the molecule is CC.CC1(C)C=Cc2c(c3nc4nc(nc5[n-]c(nc6nc(nc2[n-]3)C2=C6C=CC(C)(Cl)C=C2)c2c5C=CC(C)(Cl)C=C2)C2=C4C=CC(C)(Cl)C=C2)C=C1.[Cu+2]. The van der Waals surface area contributed by atoms with Gasteiger partial charge in [0.1, 0.15) is 0 Å². The van der Waals surface area contributed by atoms with E-state index in [0.717, 1.165) is 44.5 Å². The van der Waals surface area contributed by atoms with Crippen molar-refractivity contribution in [3.8, 4) is 0 Å². The summed E-state index contributed by atoms with van der Waals surface area (Å²) in [6.07, 6.45) is 31.6. The summed E-state index contributed by atoms with van der Waals surface area (Å²) < 4.78 is 0. The fourth-order valence-electron chi connectivity index (χ4n) is 6.54. The van der Waals surface area contributed by atoms with Crippen LogP contribution < -0.4 is 9.97 Å². The number of aromatic nitrogens is 8. The van der Waals surface area contributed by atoms with Crippen molar-refractivity contribution in [2.24, 2.45) is 5.41 Å². The van der Waals surface area contributed by atoms with Crippen LogP contribution in [-0.2, 0) is 17.1 Å². The summed E-state index contributed by atoms with van der Waals surface area (Å²) in [4.78, 5) is 38.3. The Bertz CT molecular complexity index is 2290. The second kappa shape index (κ2) is 14.0. The van der Waals surface area contributed by atoms with Gasteiger partial charge < -0.3 is 29.9 Å². The largest absolute Gasteiger partial charge is 2.00 e. The molecule has 1 radical (unpaired) electrons. The molecule has 6 aliphatic rings. The maximum Gasteiger partial charge on any atom is 2.00 e. The second-order valence-corrected chi connectivity index (χ2v) is 17.2. The molecule has 9 rings (SSSR count). The van der Waals surface area contributed by atoms with Crippen LogP contribution in [0, 0.1) is 5.41 Å². The van der Waals surface area contributed by atoms with Crippen molar-refractivity contribution in [3.63, 3.8) is 0 Å². The molecule has 0 N–H and O–H groups in total.